The van der Waals surface area contributed by atoms with Gasteiger partial charge in [0.05, 0.1) is 5.69 Å². The lowest BCUT2D eigenvalue weighted by atomic mass is 9.86. The zero-order valence-corrected chi connectivity index (χ0v) is 11.1. The van der Waals surface area contributed by atoms with Gasteiger partial charge in [-0.15, -0.1) is 0 Å². The summed E-state index contributed by atoms with van der Waals surface area (Å²) in [7, 11) is 2.01. The average Bonchev–Trinajstić information content (AvgIpc) is 2.75. The second-order valence-corrected chi connectivity index (χ2v) is 5.31. The number of nitrogens with two attached hydrogens (primary N) is 1. The molecule has 3 atom stereocenters. The van der Waals surface area contributed by atoms with Crippen LogP contribution in [0.2, 0.25) is 0 Å². The van der Waals surface area contributed by atoms with Gasteiger partial charge in [0.25, 0.3) is 0 Å². The summed E-state index contributed by atoms with van der Waals surface area (Å²) in [5.41, 5.74) is 7.15. The molecule has 1 aromatic rings. The van der Waals surface area contributed by atoms with E-state index in [9.17, 15) is 0 Å². The molecule has 1 aliphatic rings. The zero-order valence-electron chi connectivity index (χ0n) is 11.1. The maximum absolute atomic E-state index is 5.86. The fourth-order valence-corrected chi connectivity index (χ4v) is 2.82. The molecule has 0 bridgehead atoms. The lowest BCUT2D eigenvalue weighted by Crippen LogP contribution is -2.43. The Labute approximate surface area is 104 Å². The average molecular weight is 236 g/mol. The fourth-order valence-electron chi connectivity index (χ4n) is 2.82. The highest BCUT2D eigenvalue weighted by Crippen LogP contribution is 2.28. The van der Waals surface area contributed by atoms with E-state index < -0.39 is 0 Å². The van der Waals surface area contributed by atoms with E-state index >= 15 is 0 Å². The zero-order chi connectivity index (χ0) is 12.4. The number of hydrogen-bond acceptors (Lipinski definition) is 3. The molecule has 0 aromatic carbocycles. The smallest absolute Gasteiger partial charge is 0.0549 e. The number of aryl methyl sites for hydroxylation is 1. The molecule has 4 heteroatoms. The van der Waals surface area contributed by atoms with Crippen LogP contribution in [-0.2, 0) is 7.05 Å². The van der Waals surface area contributed by atoms with Gasteiger partial charge >= 0.3 is 0 Å². The van der Waals surface area contributed by atoms with E-state index in [1.807, 2.05) is 17.9 Å². The molecule has 17 heavy (non-hydrogen) atoms. The van der Waals surface area contributed by atoms with Crippen LogP contribution in [0.3, 0.4) is 0 Å². The van der Waals surface area contributed by atoms with E-state index in [-0.39, 0.29) is 0 Å². The molecule has 2 N–H and O–H groups in total. The summed E-state index contributed by atoms with van der Waals surface area (Å²) in [6.45, 7) is 7.67. The van der Waals surface area contributed by atoms with Gasteiger partial charge in [0, 0.05) is 25.8 Å². The minimum Gasteiger partial charge on any atom is -0.330 e. The van der Waals surface area contributed by atoms with Crippen molar-refractivity contribution in [1.82, 2.24) is 14.7 Å². The number of likely N-dealkylation sites (tertiary alicyclic amines) is 1. The highest BCUT2D eigenvalue weighted by Gasteiger charge is 2.29. The van der Waals surface area contributed by atoms with Crippen molar-refractivity contribution < 1.29 is 0 Å². The van der Waals surface area contributed by atoms with Crippen LogP contribution in [0.25, 0.3) is 0 Å². The van der Waals surface area contributed by atoms with Crippen molar-refractivity contribution in [2.24, 2.45) is 24.6 Å². The van der Waals surface area contributed by atoms with Crippen molar-refractivity contribution in [2.75, 3.05) is 19.6 Å². The Morgan fingerprint density at radius 3 is 2.94 bits per heavy atom. The van der Waals surface area contributed by atoms with Gasteiger partial charge in [-0.05, 0) is 44.3 Å². The van der Waals surface area contributed by atoms with E-state index in [1.165, 1.54) is 18.7 Å². The second kappa shape index (κ2) is 5.19. The Morgan fingerprint density at radius 2 is 2.35 bits per heavy atom. The molecular formula is C13H24N4. The first-order valence-electron chi connectivity index (χ1n) is 6.55. The lowest BCUT2D eigenvalue weighted by molar-refractivity contribution is 0.0945. The molecule has 2 heterocycles. The van der Waals surface area contributed by atoms with E-state index in [0.717, 1.165) is 19.0 Å². The molecule has 4 nitrogen and oxygen atoms in total. The van der Waals surface area contributed by atoms with Crippen molar-refractivity contribution in [3.05, 3.63) is 18.0 Å². The molecule has 0 spiro atoms. The third-order valence-corrected chi connectivity index (χ3v) is 4.28. The van der Waals surface area contributed by atoms with E-state index in [0.29, 0.717) is 12.0 Å². The molecule has 3 unspecified atom stereocenters. The van der Waals surface area contributed by atoms with Crippen molar-refractivity contribution in [3.8, 4) is 0 Å². The van der Waals surface area contributed by atoms with Gasteiger partial charge in [-0.25, -0.2) is 0 Å². The van der Waals surface area contributed by atoms with Gasteiger partial charge in [0.15, 0.2) is 0 Å². The highest BCUT2D eigenvalue weighted by molar-refractivity contribution is 5.06. The summed E-state index contributed by atoms with van der Waals surface area (Å²) in [5.74, 6) is 1.40. The molecule has 0 radical (unpaired) electrons. The van der Waals surface area contributed by atoms with Crippen molar-refractivity contribution in [2.45, 2.75) is 26.3 Å². The van der Waals surface area contributed by atoms with Gasteiger partial charge < -0.3 is 5.73 Å². The molecular weight excluding hydrogens is 212 g/mol. The van der Waals surface area contributed by atoms with Crippen LogP contribution >= 0.6 is 0 Å². The summed E-state index contributed by atoms with van der Waals surface area (Å²) < 4.78 is 1.97. The number of piperidine rings is 1. The van der Waals surface area contributed by atoms with Crippen LogP contribution in [0.15, 0.2) is 12.3 Å². The molecule has 1 aliphatic heterocycles. The van der Waals surface area contributed by atoms with E-state index in [1.54, 1.807) is 0 Å². The topological polar surface area (TPSA) is 47.1 Å². The Bertz CT molecular complexity index is 360. The summed E-state index contributed by atoms with van der Waals surface area (Å²) >= 11 is 0. The van der Waals surface area contributed by atoms with Gasteiger partial charge in [-0.1, -0.05) is 6.92 Å². The molecule has 1 aromatic heterocycles. The molecule has 96 valence electrons. The molecule has 0 amide bonds. The third-order valence-electron chi connectivity index (χ3n) is 4.28. The largest absolute Gasteiger partial charge is 0.330 e. The third kappa shape index (κ3) is 2.53. The Balaban J connectivity index is 2.06. The van der Waals surface area contributed by atoms with Crippen molar-refractivity contribution >= 4 is 0 Å². The molecule has 2 rings (SSSR count). The Morgan fingerprint density at radius 1 is 1.59 bits per heavy atom. The predicted octanol–water partition coefficient (Wildman–Crippen LogP) is 1.40. The maximum Gasteiger partial charge on any atom is 0.0549 e. The van der Waals surface area contributed by atoms with Crippen LogP contribution in [-0.4, -0.2) is 34.3 Å². The van der Waals surface area contributed by atoms with Crippen LogP contribution in [0, 0.1) is 11.8 Å². The first-order valence-corrected chi connectivity index (χ1v) is 6.55. The lowest BCUT2D eigenvalue weighted by Gasteiger charge is -2.39. The first-order chi connectivity index (χ1) is 8.13. The minimum atomic E-state index is 0.434. The Kier molecular flexibility index (Phi) is 3.84. The summed E-state index contributed by atoms with van der Waals surface area (Å²) in [4.78, 5) is 2.54. The van der Waals surface area contributed by atoms with Crippen molar-refractivity contribution in [3.63, 3.8) is 0 Å². The molecule has 1 saturated heterocycles. The highest BCUT2D eigenvalue weighted by atomic mass is 15.3. The van der Waals surface area contributed by atoms with Crippen LogP contribution in [0.5, 0.6) is 0 Å². The minimum absolute atomic E-state index is 0.434. The van der Waals surface area contributed by atoms with Crippen LogP contribution < -0.4 is 5.73 Å². The monoisotopic (exact) mass is 236 g/mol. The standard InChI is InChI=1S/C13H24N4/c1-10-5-7-17(9-12(10)8-14)11(2)13-4-6-15-16(13)3/h4,6,10-12H,5,7-9,14H2,1-3H3. The van der Waals surface area contributed by atoms with Gasteiger partial charge in [0.1, 0.15) is 0 Å². The van der Waals surface area contributed by atoms with Crippen molar-refractivity contribution in [1.29, 1.82) is 0 Å². The molecule has 1 fully saturated rings. The fraction of sp³-hybridized carbons (Fsp3) is 0.769. The molecule has 0 aliphatic carbocycles. The summed E-state index contributed by atoms with van der Waals surface area (Å²) in [6.07, 6.45) is 3.13. The second-order valence-electron chi connectivity index (χ2n) is 5.31. The SMILES string of the molecule is CC1CCN(C(C)c2ccnn2C)CC1CN. The number of hydrogen-bond donors (Lipinski definition) is 1. The van der Waals surface area contributed by atoms with Crippen LogP contribution in [0.4, 0.5) is 0 Å². The van der Waals surface area contributed by atoms with E-state index in [4.69, 9.17) is 5.73 Å². The quantitative estimate of drug-likeness (QED) is 0.863. The number of rotatable bonds is 3. The Hall–Kier alpha value is -0.870. The predicted molar refractivity (Wildman–Crippen MR) is 69.5 cm³/mol. The summed E-state index contributed by atoms with van der Waals surface area (Å²) in [6, 6.07) is 2.55. The summed E-state index contributed by atoms with van der Waals surface area (Å²) in [5, 5.41) is 4.25. The van der Waals surface area contributed by atoms with Gasteiger partial charge in [-0.3, -0.25) is 9.58 Å². The van der Waals surface area contributed by atoms with Crippen LogP contribution in [0.1, 0.15) is 32.0 Å². The molecule has 0 saturated carbocycles. The number of aromatic nitrogens is 2. The number of nitrogens with zero attached hydrogens (tertiary/aromatic N) is 3. The van der Waals surface area contributed by atoms with E-state index in [2.05, 4.69) is 29.9 Å². The van der Waals surface area contributed by atoms with Gasteiger partial charge in [0.2, 0.25) is 0 Å². The normalized spacial score (nSPS) is 28.2. The first kappa shape index (κ1) is 12.6. The van der Waals surface area contributed by atoms with Gasteiger partial charge in [-0.2, -0.15) is 5.10 Å². The maximum atomic E-state index is 5.86.